The normalized spacial score (nSPS) is 31.5. The van der Waals surface area contributed by atoms with Gasteiger partial charge in [-0.1, -0.05) is 0 Å². The first-order valence-electron chi connectivity index (χ1n) is 3.25. The molecule has 2 N–H and O–H groups in total. The summed E-state index contributed by atoms with van der Waals surface area (Å²) in [5, 5.41) is 0. The third kappa shape index (κ3) is 1.01. The standard InChI is InChI=1S/C6H14N2.H2/c1-8-4-2-3-6(8)5-7;/h6H,2-5,7H2,1H3;1H. The van der Waals surface area contributed by atoms with Crippen LogP contribution in [0.15, 0.2) is 0 Å². The van der Waals surface area contributed by atoms with Crippen LogP contribution in [0.2, 0.25) is 0 Å². The average molecular weight is 116 g/mol. The van der Waals surface area contributed by atoms with Gasteiger partial charge in [-0.15, -0.1) is 0 Å². The molecule has 50 valence electrons. The maximum atomic E-state index is 5.48. The summed E-state index contributed by atoms with van der Waals surface area (Å²) in [6, 6.07) is 0.676. The van der Waals surface area contributed by atoms with Crippen LogP contribution in [0.1, 0.15) is 14.3 Å². The lowest BCUT2D eigenvalue weighted by Gasteiger charge is -2.15. The van der Waals surface area contributed by atoms with Gasteiger partial charge in [0.25, 0.3) is 0 Å². The molecule has 1 saturated heterocycles. The highest BCUT2D eigenvalue weighted by atomic mass is 15.2. The summed E-state index contributed by atoms with van der Waals surface area (Å²) >= 11 is 0. The number of hydrogen-bond acceptors (Lipinski definition) is 2. The van der Waals surface area contributed by atoms with Gasteiger partial charge in [0.1, 0.15) is 0 Å². The topological polar surface area (TPSA) is 29.3 Å². The van der Waals surface area contributed by atoms with Crippen LogP contribution >= 0.6 is 0 Å². The SMILES string of the molecule is CN1CCCC1CN.[HH]. The van der Waals surface area contributed by atoms with Gasteiger partial charge >= 0.3 is 0 Å². The summed E-state index contributed by atoms with van der Waals surface area (Å²) in [5.41, 5.74) is 5.48. The molecular weight excluding hydrogens is 100 g/mol. The van der Waals surface area contributed by atoms with E-state index in [1.807, 2.05) is 0 Å². The Hall–Kier alpha value is -0.0800. The number of likely N-dealkylation sites (tertiary alicyclic amines) is 1. The van der Waals surface area contributed by atoms with Crippen molar-refractivity contribution in [1.82, 2.24) is 4.90 Å². The Bertz CT molecular complexity index is 77.5. The van der Waals surface area contributed by atoms with Gasteiger partial charge in [-0.2, -0.15) is 0 Å². The van der Waals surface area contributed by atoms with Crippen molar-refractivity contribution < 1.29 is 1.43 Å². The van der Waals surface area contributed by atoms with E-state index in [1.165, 1.54) is 19.4 Å². The lowest BCUT2D eigenvalue weighted by Crippen LogP contribution is -2.31. The maximum Gasteiger partial charge on any atom is 0.0215 e. The molecule has 0 bridgehead atoms. The van der Waals surface area contributed by atoms with E-state index in [1.54, 1.807) is 0 Å². The van der Waals surface area contributed by atoms with Crippen molar-refractivity contribution in [2.24, 2.45) is 5.73 Å². The van der Waals surface area contributed by atoms with Gasteiger partial charge < -0.3 is 10.6 Å². The molecule has 1 aliphatic heterocycles. The molecule has 1 fully saturated rings. The molecule has 1 aliphatic rings. The Morgan fingerprint density at radius 1 is 1.88 bits per heavy atom. The van der Waals surface area contributed by atoms with E-state index >= 15 is 0 Å². The van der Waals surface area contributed by atoms with Gasteiger partial charge in [0, 0.05) is 14.0 Å². The van der Waals surface area contributed by atoms with Gasteiger partial charge in [-0.05, 0) is 26.4 Å². The number of nitrogens with two attached hydrogens (primary N) is 1. The van der Waals surface area contributed by atoms with E-state index in [4.69, 9.17) is 5.73 Å². The molecule has 0 aliphatic carbocycles. The zero-order chi connectivity index (χ0) is 5.98. The Kier molecular flexibility index (Phi) is 1.86. The highest BCUT2D eigenvalue weighted by Crippen LogP contribution is 2.12. The molecule has 1 unspecified atom stereocenters. The van der Waals surface area contributed by atoms with Crippen LogP contribution < -0.4 is 5.73 Å². The molecule has 1 rings (SSSR count). The second-order valence-electron chi connectivity index (χ2n) is 2.51. The highest BCUT2D eigenvalue weighted by molar-refractivity contribution is 4.76. The first-order valence-corrected chi connectivity index (χ1v) is 3.25. The summed E-state index contributed by atoms with van der Waals surface area (Å²) in [5.74, 6) is 0. The van der Waals surface area contributed by atoms with E-state index in [9.17, 15) is 0 Å². The van der Waals surface area contributed by atoms with Crippen LogP contribution in [-0.2, 0) is 0 Å². The zero-order valence-electron chi connectivity index (χ0n) is 5.43. The molecule has 0 aromatic rings. The molecule has 0 spiro atoms. The van der Waals surface area contributed by atoms with Crippen molar-refractivity contribution in [3.63, 3.8) is 0 Å². The predicted molar refractivity (Wildman–Crippen MR) is 36.8 cm³/mol. The summed E-state index contributed by atoms with van der Waals surface area (Å²) in [6.45, 7) is 2.07. The van der Waals surface area contributed by atoms with Gasteiger partial charge in [0.2, 0.25) is 0 Å². The quantitative estimate of drug-likeness (QED) is 0.533. The fourth-order valence-corrected chi connectivity index (χ4v) is 1.28. The Morgan fingerprint density at radius 2 is 2.62 bits per heavy atom. The highest BCUT2D eigenvalue weighted by Gasteiger charge is 2.17. The second-order valence-corrected chi connectivity index (χ2v) is 2.51. The number of likely N-dealkylation sites (N-methyl/N-ethyl adjacent to an activating group) is 1. The zero-order valence-corrected chi connectivity index (χ0v) is 5.43. The van der Waals surface area contributed by atoms with E-state index in [2.05, 4.69) is 11.9 Å². The molecule has 8 heavy (non-hydrogen) atoms. The van der Waals surface area contributed by atoms with Crippen LogP contribution in [0.5, 0.6) is 0 Å². The van der Waals surface area contributed by atoms with Crippen molar-refractivity contribution in [3.8, 4) is 0 Å². The van der Waals surface area contributed by atoms with E-state index in [-0.39, 0.29) is 1.43 Å². The molecular formula is C6H16N2. The van der Waals surface area contributed by atoms with E-state index in [0.717, 1.165) is 6.54 Å². The molecule has 2 heteroatoms. The summed E-state index contributed by atoms with van der Waals surface area (Å²) in [7, 11) is 2.14. The van der Waals surface area contributed by atoms with Crippen LogP contribution in [0.3, 0.4) is 0 Å². The molecule has 1 atom stereocenters. The molecule has 0 radical (unpaired) electrons. The van der Waals surface area contributed by atoms with Gasteiger partial charge in [0.05, 0.1) is 0 Å². The van der Waals surface area contributed by atoms with Crippen molar-refractivity contribution in [3.05, 3.63) is 0 Å². The predicted octanol–water partition coefficient (Wildman–Crippen LogP) is 0.285. The van der Waals surface area contributed by atoms with Gasteiger partial charge in [0.15, 0.2) is 0 Å². The second kappa shape index (κ2) is 2.46. The molecule has 0 aromatic heterocycles. The fourth-order valence-electron chi connectivity index (χ4n) is 1.28. The lowest BCUT2D eigenvalue weighted by atomic mass is 10.2. The Morgan fingerprint density at radius 3 is 2.88 bits per heavy atom. The molecule has 0 saturated carbocycles. The van der Waals surface area contributed by atoms with Crippen molar-refractivity contribution in [2.45, 2.75) is 18.9 Å². The van der Waals surface area contributed by atoms with Crippen molar-refractivity contribution in [1.29, 1.82) is 0 Å². The Balaban J connectivity index is 0.000000640. The van der Waals surface area contributed by atoms with Crippen LogP contribution in [0.4, 0.5) is 0 Å². The average Bonchev–Trinajstić information content (AvgIpc) is 2.14. The molecule has 1 heterocycles. The summed E-state index contributed by atoms with van der Waals surface area (Å²) in [4.78, 5) is 2.33. The van der Waals surface area contributed by atoms with E-state index < -0.39 is 0 Å². The molecule has 0 aromatic carbocycles. The first-order chi connectivity index (χ1) is 3.84. The monoisotopic (exact) mass is 116 g/mol. The lowest BCUT2D eigenvalue weighted by molar-refractivity contribution is 0.317. The molecule has 0 amide bonds. The fraction of sp³-hybridized carbons (Fsp3) is 1.00. The van der Waals surface area contributed by atoms with E-state index in [0.29, 0.717) is 6.04 Å². The summed E-state index contributed by atoms with van der Waals surface area (Å²) < 4.78 is 0. The largest absolute Gasteiger partial charge is 0.329 e. The van der Waals surface area contributed by atoms with Crippen LogP contribution in [0.25, 0.3) is 0 Å². The minimum absolute atomic E-state index is 0. The third-order valence-electron chi connectivity index (χ3n) is 1.94. The number of hydrogen-bond donors (Lipinski definition) is 1. The Labute approximate surface area is 52.1 Å². The first kappa shape index (κ1) is 6.05. The minimum Gasteiger partial charge on any atom is -0.329 e. The third-order valence-corrected chi connectivity index (χ3v) is 1.94. The maximum absolute atomic E-state index is 5.48. The number of rotatable bonds is 1. The van der Waals surface area contributed by atoms with Crippen LogP contribution in [0, 0.1) is 0 Å². The summed E-state index contributed by atoms with van der Waals surface area (Å²) in [6.07, 6.45) is 2.63. The smallest absolute Gasteiger partial charge is 0.0215 e. The number of nitrogens with zero attached hydrogens (tertiary/aromatic N) is 1. The van der Waals surface area contributed by atoms with Crippen molar-refractivity contribution in [2.75, 3.05) is 20.1 Å². The van der Waals surface area contributed by atoms with Gasteiger partial charge in [-0.3, -0.25) is 0 Å². The molecule has 2 nitrogen and oxygen atoms in total. The van der Waals surface area contributed by atoms with Crippen molar-refractivity contribution >= 4 is 0 Å². The minimum atomic E-state index is 0. The van der Waals surface area contributed by atoms with Gasteiger partial charge in [-0.25, -0.2) is 0 Å². The van der Waals surface area contributed by atoms with Crippen LogP contribution in [-0.4, -0.2) is 31.1 Å².